The summed E-state index contributed by atoms with van der Waals surface area (Å²) in [6, 6.07) is 12.3. The number of carbonyl (C=O) groups excluding carboxylic acids is 2. The van der Waals surface area contributed by atoms with Crippen molar-refractivity contribution in [3.05, 3.63) is 65.7 Å². The van der Waals surface area contributed by atoms with Crippen molar-refractivity contribution >= 4 is 17.5 Å². The van der Waals surface area contributed by atoms with E-state index < -0.39 is 23.4 Å². The highest BCUT2D eigenvalue weighted by molar-refractivity contribution is 6.39. The van der Waals surface area contributed by atoms with Gasteiger partial charge in [-0.15, -0.1) is 0 Å². The first-order chi connectivity index (χ1) is 11.1. The Labute approximate surface area is 132 Å². The largest absolute Gasteiger partial charge is 0.348 e. The molecule has 6 heteroatoms. The van der Waals surface area contributed by atoms with Crippen LogP contribution in [0.3, 0.4) is 0 Å². The van der Waals surface area contributed by atoms with Gasteiger partial charge in [0.1, 0.15) is 11.6 Å². The minimum absolute atomic E-state index is 0.312. The van der Waals surface area contributed by atoms with E-state index in [1.165, 1.54) is 0 Å². The Kier molecular flexibility index (Phi) is 5.80. The van der Waals surface area contributed by atoms with Crippen LogP contribution in [-0.4, -0.2) is 18.4 Å². The molecule has 0 aliphatic heterocycles. The lowest BCUT2D eigenvalue weighted by atomic mass is 10.1. The predicted molar refractivity (Wildman–Crippen MR) is 82.8 cm³/mol. The minimum atomic E-state index is -1.03. The Balaban J connectivity index is 1.77. The van der Waals surface area contributed by atoms with Gasteiger partial charge in [0.15, 0.2) is 0 Å². The van der Waals surface area contributed by atoms with Crippen molar-refractivity contribution < 1.29 is 18.4 Å². The molecule has 0 radical (unpaired) electrons. The van der Waals surface area contributed by atoms with E-state index in [4.69, 9.17) is 0 Å². The molecule has 23 heavy (non-hydrogen) atoms. The highest BCUT2D eigenvalue weighted by atomic mass is 19.1. The second-order valence-corrected chi connectivity index (χ2v) is 4.92. The second kappa shape index (κ2) is 8.03. The molecule has 2 aromatic carbocycles. The molecule has 2 rings (SSSR count). The molecule has 2 amide bonds. The zero-order valence-electron chi connectivity index (χ0n) is 12.3. The smallest absolute Gasteiger partial charge is 0.313 e. The van der Waals surface area contributed by atoms with Crippen LogP contribution in [0.4, 0.5) is 14.5 Å². The van der Waals surface area contributed by atoms with Gasteiger partial charge in [-0.2, -0.15) is 0 Å². The average molecular weight is 318 g/mol. The number of hydrogen-bond acceptors (Lipinski definition) is 2. The zero-order chi connectivity index (χ0) is 16.7. The summed E-state index contributed by atoms with van der Waals surface area (Å²) in [6.07, 6.45) is 1.43. The van der Waals surface area contributed by atoms with Gasteiger partial charge < -0.3 is 10.6 Å². The fourth-order valence-corrected chi connectivity index (χ4v) is 1.99. The Morgan fingerprint density at radius 3 is 2.43 bits per heavy atom. The molecule has 0 saturated carbocycles. The van der Waals surface area contributed by atoms with Crippen molar-refractivity contribution in [1.29, 1.82) is 0 Å². The molecule has 0 aromatic heterocycles. The van der Waals surface area contributed by atoms with E-state index in [1.807, 2.05) is 35.6 Å². The second-order valence-electron chi connectivity index (χ2n) is 4.92. The molecule has 2 aromatic rings. The van der Waals surface area contributed by atoms with Crippen LogP contribution < -0.4 is 10.6 Å². The summed E-state index contributed by atoms with van der Waals surface area (Å²) in [5, 5.41) is 4.48. The molecule has 0 spiro atoms. The average Bonchev–Trinajstić information content (AvgIpc) is 2.55. The normalized spacial score (nSPS) is 10.2. The number of halogens is 2. The first kappa shape index (κ1) is 16.6. The highest BCUT2D eigenvalue weighted by Gasteiger charge is 2.15. The van der Waals surface area contributed by atoms with Crippen molar-refractivity contribution in [3.8, 4) is 0 Å². The molecule has 0 heterocycles. The molecular weight excluding hydrogens is 302 g/mol. The van der Waals surface area contributed by atoms with E-state index >= 15 is 0 Å². The number of hydrogen-bond donors (Lipinski definition) is 2. The van der Waals surface area contributed by atoms with Crippen LogP contribution in [0.15, 0.2) is 48.5 Å². The van der Waals surface area contributed by atoms with Crippen LogP contribution >= 0.6 is 0 Å². The minimum Gasteiger partial charge on any atom is -0.348 e. The van der Waals surface area contributed by atoms with E-state index in [0.717, 1.165) is 30.2 Å². The lowest BCUT2D eigenvalue weighted by Gasteiger charge is -2.07. The van der Waals surface area contributed by atoms with Crippen LogP contribution in [0, 0.1) is 11.6 Å². The van der Waals surface area contributed by atoms with Crippen LogP contribution in [0.1, 0.15) is 12.0 Å². The maximum atomic E-state index is 13.4. The SMILES string of the molecule is O=C(NCCCc1ccccc1)C(=O)Nc1cc(F)ccc1F. The summed E-state index contributed by atoms with van der Waals surface area (Å²) >= 11 is 0. The van der Waals surface area contributed by atoms with E-state index in [-0.39, 0.29) is 5.69 Å². The van der Waals surface area contributed by atoms with Gasteiger partial charge in [0, 0.05) is 12.6 Å². The number of nitrogens with one attached hydrogen (secondary N) is 2. The molecular formula is C17H16F2N2O2. The zero-order valence-corrected chi connectivity index (χ0v) is 12.3. The molecule has 2 N–H and O–H groups in total. The monoisotopic (exact) mass is 318 g/mol. The molecule has 4 nitrogen and oxygen atoms in total. The lowest BCUT2D eigenvalue weighted by Crippen LogP contribution is -2.36. The van der Waals surface area contributed by atoms with Crippen molar-refractivity contribution in [2.24, 2.45) is 0 Å². The summed E-state index contributed by atoms with van der Waals surface area (Å²) in [5.74, 6) is -3.43. The first-order valence-electron chi connectivity index (χ1n) is 7.14. The van der Waals surface area contributed by atoms with Crippen LogP contribution in [0.5, 0.6) is 0 Å². The number of rotatable bonds is 5. The van der Waals surface area contributed by atoms with E-state index in [0.29, 0.717) is 13.0 Å². The van der Waals surface area contributed by atoms with Gasteiger partial charge in [0.05, 0.1) is 5.69 Å². The third kappa shape index (κ3) is 5.18. The van der Waals surface area contributed by atoms with E-state index in [2.05, 4.69) is 5.32 Å². The van der Waals surface area contributed by atoms with Gasteiger partial charge in [-0.25, -0.2) is 8.78 Å². The molecule has 0 bridgehead atoms. The molecule has 0 fully saturated rings. The van der Waals surface area contributed by atoms with Crippen molar-refractivity contribution in [3.63, 3.8) is 0 Å². The molecule has 0 atom stereocenters. The van der Waals surface area contributed by atoms with E-state index in [1.54, 1.807) is 0 Å². The summed E-state index contributed by atoms with van der Waals surface area (Å²) in [6.45, 7) is 0.312. The van der Waals surface area contributed by atoms with Gasteiger partial charge in [-0.3, -0.25) is 9.59 Å². The Morgan fingerprint density at radius 2 is 1.70 bits per heavy atom. The quantitative estimate of drug-likeness (QED) is 0.658. The highest BCUT2D eigenvalue weighted by Crippen LogP contribution is 2.14. The lowest BCUT2D eigenvalue weighted by molar-refractivity contribution is -0.136. The Bertz CT molecular complexity index is 690. The summed E-state index contributed by atoms with van der Waals surface area (Å²) < 4.78 is 26.4. The maximum absolute atomic E-state index is 13.4. The van der Waals surface area contributed by atoms with Gasteiger partial charge in [0.25, 0.3) is 0 Å². The fraction of sp³-hybridized carbons (Fsp3) is 0.176. The fourth-order valence-electron chi connectivity index (χ4n) is 1.99. The summed E-state index contributed by atoms with van der Waals surface area (Å²) in [7, 11) is 0. The van der Waals surface area contributed by atoms with Crippen LogP contribution in [-0.2, 0) is 16.0 Å². The van der Waals surface area contributed by atoms with Crippen LogP contribution in [0.2, 0.25) is 0 Å². The third-order valence-electron chi connectivity index (χ3n) is 3.15. The Morgan fingerprint density at radius 1 is 0.957 bits per heavy atom. The standard InChI is InChI=1S/C17H16F2N2O2/c18-13-8-9-14(19)15(11-13)21-17(23)16(22)20-10-4-7-12-5-2-1-3-6-12/h1-3,5-6,8-9,11H,4,7,10H2,(H,20,22)(H,21,23). The molecule has 0 aliphatic rings. The molecule has 0 saturated heterocycles. The molecule has 0 aliphatic carbocycles. The number of aryl methyl sites for hydroxylation is 1. The number of benzene rings is 2. The summed E-state index contributed by atoms with van der Waals surface area (Å²) in [4.78, 5) is 23.2. The molecule has 0 unspecified atom stereocenters. The number of anilines is 1. The van der Waals surface area contributed by atoms with Crippen molar-refractivity contribution in [2.45, 2.75) is 12.8 Å². The number of amides is 2. The number of carbonyl (C=O) groups is 2. The van der Waals surface area contributed by atoms with E-state index in [9.17, 15) is 18.4 Å². The summed E-state index contributed by atoms with van der Waals surface area (Å²) in [5.41, 5.74) is 0.766. The van der Waals surface area contributed by atoms with Gasteiger partial charge in [-0.05, 0) is 30.5 Å². The Hall–Kier alpha value is -2.76. The topological polar surface area (TPSA) is 58.2 Å². The predicted octanol–water partition coefficient (Wildman–Crippen LogP) is 2.65. The van der Waals surface area contributed by atoms with Gasteiger partial charge in [0.2, 0.25) is 0 Å². The maximum Gasteiger partial charge on any atom is 0.313 e. The molecule has 120 valence electrons. The van der Waals surface area contributed by atoms with Crippen molar-refractivity contribution in [1.82, 2.24) is 5.32 Å². The first-order valence-corrected chi connectivity index (χ1v) is 7.14. The van der Waals surface area contributed by atoms with Crippen molar-refractivity contribution in [2.75, 3.05) is 11.9 Å². The van der Waals surface area contributed by atoms with Gasteiger partial charge >= 0.3 is 11.8 Å². The van der Waals surface area contributed by atoms with Crippen LogP contribution in [0.25, 0.3) is 0 Å². The third-order valence-corrected chi connectivity index (χ3v) is 3.15. The van der Waals surface area contributed by atoms with Gasteiger partial charge in [-0.1, -0.05) is 30.3 Å².